The van der Waals surface area contributed by atoms with Crippen LogP contribution in [0, 0.1) is 17.1 Å². The summed E-state index contributed by atoms with van der Waals surface area (Å²) in [5.74, 6) is 0.222. The maximum Gasteiger partial charge on any atom is 0.227 e. The van der Waals surface area contributed by atoms with Crippen LogP contribution in [0.4, 0.5) is 10.1 Å². The number of nitriles is 1. The van der Waals surface area contributed by atoms with E-state index in [2.05, 4.69) is 23.8 Å². The Morgan fingerprint density at radius 1 is 1.22 bits per heavy atom. The molecule has 0 saturated carbocycles. The average molecular weight is 366 g/mol. The summed E-state index contributed by atoms with van der Waals surface area (Å²) in [6.07, 6.45) is 1.66. The summed E-state index contributed by atoms with van der Waals surface area (Å²) < 4.78 is 14.3. The highest BCUT2D eigenvalue weighted by Crippen LogP contribution is 2.41. The van der Waals surface area contributed by atoms with E-state index in [0.717, 1.165) is 62.0 Å². The van der Waals surface area contributed by atoms with Crippen molar-refractivity contribution >= 4 is 23.1 Å². The Bertz CT molecular complexity index is 915. The Morgan fingerprint density at radius 2 is 1.96 bits per heavy atom. The lowest BCUT2D eigenvalue weighted by molar-refractivity contribution is 0.203. The van der Waals surface area contributed by atoms with Gasteiger partial charge in [0.2, 0.25) is 5.96 Å². The van der Waals surface area contributed by atoms with Gasteiger partial charge in [0.25, 0.3) is 0 Å². The van der Waals surface area contributed by atoms with Crippen LogP contribution in [0.2, 0.25) is 0 Å². The Kier molecular flexibility index (Phi) is 4.44. The van der Waals surface area contributed by atoms with Gasteiger partial charge in [0.15, 0.2) is 0 Å². The van der Waals surface area contributed by atoms with E-state index in [-0.39, 0.29) is 5.56 Å². The molecule has 4 rings (SSSR count). The van der Waals surface area contributed by atoms with E-state index in [9.17, 15) is 9.65 Å². The second-order valence-electron chi connectivity index (χ2n) is 7.29. The second-order valence-corrected chi connectivity index (χ2v) is 7.29. The Hall–Kier alpha value is -2.72. The minimum absolute atomic E-state index is 0.0428. The smallest absolute Gasteiger partial charge is 0.227 e. The van der Waals surface area contributed by atoms with Crippen molar-refractivity contribution in [1.82, 2.24) is 14.8 Å². The number of nitrogens with zero attached hydrogens (tertiary/aromatic N) is 6. The summed E-state index contributed by atoms with van der Waals surface area (Å²) in [6.45, 7) is 7.74. The molecule has 140 valence electrons. The van der Waals surface area contributed by atoms with E-state index in [1.54, 1.807) is 6.07 Å². The van der Waals surface area contributed by atoms with E-state index in [1.165, 1.54) is 11.6 Å². The van der Waals surface area contributed by atoms with E-state index in [0.29, 0.717) is 5.69 Å². The molecular formula is C20H23FN6. The number of aliphatic imine (C=N–C) groups is 1. The Morgan fingerprint density at radius 3 is 2.63 bits per heavy atom. The van der Waals surface area contributed by atoms with Gasteiger partial charge in [0.05, 0.1) is 16.9 Å². The zero-order valence-electron chi connectivity index (χ0n) is 16.0. The van der Waals surface area contributed by atoms with Crippen molar-refractivity contribution in [2.45, 2.75) is 26.7 Å². The highest BCUT2D eigenvalue weighted by Gasteiger charge is 2.34. The summed E-state index contributed by atoms with van der Waals surface area (Å²) in [5, 5.41) is 16.0. The molecule has 0 bridgehead atoms. The number of piperazine rings is 1. The molecule has 1 aromatic rings. The number of rotatable bonds is 1. The van der Waals surface area contributed by atoms with Gasteiger partial charge in [-0.2, -0.15) is 15.4 Å². The predicted molar refractivity (Wildman–Crippen MR) is 104 cm³/mol. The maximum absolute atomic E-state index is 14.3. The van der Waals surface area contributed by atoms with Crippen LogP contribution >= 0.6 is 0 Å². The number of guanidine groups is 1. The third-order valence-corrected chi connectivity index (χ3v) is 5.37. The zero-order valence-corrected chi connectivity index (χ0v) is 16.0. The predicted octanol–water partition coefficient (Wildman–Crippen LogP) is 3.15. The summed E-state index contributed by atoms with van der Waals surface area (Å²) in [7, 11) is 2.11. The van der Waals surface area contributed by atoms with Crippen molar-refractivity contribution in [3.05, 3.63) is 34.6 Å². The molecule has 3 heterocycles. The van der Waals surface area contributed by atoms with Crippen LogP contribution in [0.25, 0.3) is 5.70 Å². The van der Waals surface area contributed by atoms with Crippen LogP contribution in [0.15, 0.2) is 27.8 Å². The van der Waals surface area contributed by atoms with Crippen molar-refractivity contribution in [3.63, 3.8) is 0 Å². The molecule has 0 atom stereocenters. The third-order valence-electron chi connectivity index (χ3n) is 5.37. The van der Waals surface area contributed by atoms with Gasteiger partial charge in [-0.25, -0.2) is 9.38 Å². The fourth-order valence-electron chi connectivity index (χ4n) is 3.84. The molecule has 6 nitrogen and oxygen atoms in total. The van der Waals surface area contributed by atoms with Crippen LogP contribution in [0.3, 0.4) is 0 Å². The molecule has 0 spiro atoms. The molecular weight excluding hydrogens is 343 g/mol. The van der Waals surface area contributed by atoms with Gasteiger partial charge in [-0.15, -0.1) is 0 Å². The maximum atomic E-state index is 14.3. The molecule has 3 aliphatic heterocycles. The van der Waals surface area contributed by atoms with E-state index in [1.807, 2.05) is 18.0 Å². The number of likely N-dealkylation sites (N-methyl/N-ethyl adjacent to an activating group) is 1. The summed E-state index contributed by atoms with van der Waals surface area (Å²) in [4.78, 5) is 9.28. The Balaban J connectivity index is 1.90. The minimum Gasteiger partial charge on any atom is -0.338 e. The number of fused-ring (bicyclic) bond motifs is 3. The molecule has 1 saturated heterocycles. The number of hydrogen-bond acceptors (Lipinski definition) is 6. The standard InChI is InChI=1S/C20H23FN6/c1-4-14-9-13(2)24-27-19(14)16-10-15(12-22)17(21)11-18(16)23-20(27)26-7-5-25(3)6-8-26/h10-11H,4-9H2,1-3H3. The van der Waals surface area contributed by atoms with Crippen LogP contribution < -0.4 is 0 Å². The fourth-order valence-corrected chi connectivity index (χ4v) is 3.84. The summed E-state index contributed by atoms with van der Waals surface area (Å²) >= 11 is 0. The van der Waals surface area contributed by atoms with Crippen molar-refractivity contribution in [3.8, 4) is 6.07 Å². The van der Waals surface area contributed by atoms with Crippen LogP contribution in [-0.2, 0) is 0 Å². The van der Waals surface area contributed by atoms with Crippen molar-refractivity contribution < 1.29 is 4.39 Å². The van der Waals surface area contributed by atoms with Gasteiger partial charge in [-0.05, 0) is 32.0 Å². The highest BCUT2D eigenvalue weighted by molar-refractivity contribution is 6.02. The van der Waals surface area contributed by atoms with Gasteiger partial charge in [0, 0.05) is 49.9 Å². The lowest BCUT2D eigenvalue weighted by Crippen LogP contribution is -2.52. The number of halogens is 1. The number of hydrogen-bond donors (Lipinski definition) is 0. The molecule has 27 heavy (non-hydrogen) atoms. The minimum atomic E-state index is -0.527. The summed E-state index contributed by atoms with van der Waals surface area (Å²) in [6, 6.07) is 4.94. The normalized spacial score (nSPS) is 20.0. The molecule has 7 heteroatoms. The quantitative estimate of drug-likeness (QED) is 0.766. The van der Waals surface area contributed by atoms with E-state index >= 15 is 0 Å². The molecule has 1 aromatic carbocycles. The third kappa shape index (κ3) is 3.00. The second kappa shape index (κ2) is 6.78. The lowest BCUT2D eigenvalue weighted by Gasteiger charge is -2.41. The Labute approximate surface area is 158 Å². The molecule has 0 amide bonds. The largest absolute Gasteiger partial charge is 0.338 e. The number of benzene rings is 1. The summed E-state index contributed by atoms with van der Waals surface area (Å²) in [5.41, 5.74) is 4.63. The monoisotopic (exact) mass is 366 g/mol. The molecule has 0 unspecified atom stereocenters. The van der Waals surface area contributed by atoms with Gasteiger partial charge in [0.1, 0.15) is 11.9 Å². The topological polar surface area (TPSA) is 58.2 Å². The van der Waals surface area contributed by atoms with Crippen LogP contribution in [0.1, 0.15) is 37.8 Å². The lowest BCUT2D eigenvalue weighted by atomic mass is 9.95. The van der Waals surface area contributed by atoms with Crippen molar-refractivity contribution in [1.29, 1.82) is 5.26 Å². The first-order valence-corrected chi connectivity index (χ1v) is 9.34. The number of hydrazone groups is 1. The van der Waals surface area contributed by atoms with E-state index < -0.39 is 5.82 Å². The first kappa shape index (κ1) is 17.7. The molecule has 3 aliphatic rings. The highest BCUT2D eigenvalue weighted by atomic mass is 19.1. The van der Waals surface area contributed by atoms with Gasteiger partial charge >= 0.3 is 0 Å². The van der Waals surface area contributed by atoms with Crippen LogP contribution in [-0.4, -0.2) is 59.7 Å². The molecule has 1 fully saturated rings. The molecule has 0 aromatic heterocycles. The number of allylic oxidation sites excluding steroid dienone is 1. The fraction of sp³-hybridized carbons (Fsp3) is 0.450. The molecule has 0 N–H and O–H groups in total. The zero-order chi connectivity index (χ0) is 19.1. The molecule has 0 radical (unpaired) electrons. The van der Waals surface area contributed by atoms with Gasteiger partial charge in [-0.3, -0.25) is 0 Å². The van der Waals surface area contributed by atoms with Gasteiger partial charge in [-0.1, -0.05) is 6.92 Å². The average Bonchev–Trinajstić information content (AvgIpc) is 2.66. The van der Waals surface area contributed by atoms with Crippen molar-refractivity contribution in [2.75, 3.05) is 33.2 Å². The van der Waals surface area contributed by atoms with Crippen LogP contribution in [0.5, 0.6) is 0 Å². The van der Waals surface area contributed by atoms with E-state index in [4.69, 9.17) is 10.1 Å². The first-order chi connectivity index (χ1) is 13.0. The molecule has 0 aliphatic carbocycles. The first-order valence-electron chi connectivity index (χ1n) is 9.34. The van der Waals surface area contributed by atoms with Gasteiger partial charge < -0.3 is 9.80 Å². The van der Waals surface area contributed by atoms with Crippen molar-refractivity contribution in [2.24, 2.45) is 10.1 Å². The SMILES string of the molecule is CCC1=C2c3cc(C#N)c(F)cc3N=C(N3CCN(C)CC3)N2N=C(C)C1.